The van der Waals surface area contributed by atoms with Crippen molar-refractivity contribution in [1.82, 2.24) is 9.62 Å². The van der Waals surface area contributed by atoms with Crippen LogP contribution >= 0.6 is 11.6 Å². The largest absolute Gasteiger partial charge is 0.493 e. The number of nitrogens with zero attached hydrogens (tertiary/aromatic N) is 2. The lowest BCUT2D eigenvalue weighted by molar-refractivity contribution is -0.120. The standard InChI is InChI=1S/C22H28ClN3O5S/c1-30-20-8-3-17(15-21(20)31-2)16-22(27)24-9-14-32(28,29)26-12-10-25(11-13-26)19-6-4-18(23)5-7-19/h3-8,15H,9-14,16H2,1-2H3,(H,24,27). The Bertz CT molecular complexity index is 1020. The van der Waals surface area contributed by atoms with Crippen LogP contribution in [0.4, 0.5) is 5.69 Å². The molecule has 1 saturated heterocycles. The van der Waals surface area contributed by atoms with Gasteiger partial charge in [0.15, 0.2) is 11.5 Å². The van der Waals surface area contributed by atoms with Gasteiger partial charge in [-0.25, -0.2) is 8.42 Å². The number of benzene rings is 2. The first-order valence-electron chi connectivity index (χ1n) is 10.3. The smallest absolute Gasteiger partial charge is 0.224 e. The van der Waals surface area contributed by atoms with Gasteiger partial charge in [0.05, 0.1) is 26.4 Å². The molecule has 0 unspecified atom stereocenters. The van der Waals surface area contributed by atoms with Crippen LogP contribution < -0.4 is 19.7 Å². The molecule has 1 heterocycles. The summed E-state index contributed by atoms with van der Waals surface area (Å²) in [6.45, 7) is 2.08. The zero-order valence-corrected chi connectivity index (χ0v) is 19.8. The zero-order valence-electron chi connectivity index (χ0n) is 18.2. The Kier molecular flexibility index (Phi) is 8.22. The molecule has 2 aromatic rings. The molecule has 174 valence electrons. The van der Waals surface area contributed by atoms with Crippen molar-refractivity contribution < 1.29 is 22.7 Å². The molecule has 2 aromatic carbocycles. The minimum atomic E-state index is -3.45. The van der Waals surface area contributed by atoms with Gasteiger partial charge < -0.3 is 19.7 Å². The normalized spacial score (nSPS) is 14.8. The van der Waals surface area contributed by atoms with Crippen molar-refractivity contribution in [2.45, 2.75) is 6.42 Å². The minimum absolute atomic E-state index is 0.0614. The third kappa shape index (κ3) is 6.27. The zero-order chi connectivity index (χ0) is 23.1. The summed E-state index contributed by atoms with van der Waals surface area (Å²) in [5.41, 5.74) is 1.77. The lowest BCUT2D eigenvalue weighted by Crippen LogP contribution is -2.50. The van der Waals surface area contributed by atoms with Crippen molar-refractivity contribution in [2.75, 3.05) is 57.6 Å². The van der Waals surface area contributed by atoms with Crippen LogP contribution in [0.15, 0.2) is 42.5 Å². The van der Waals surface area contributed by atoms with E-state index in [2.05, 4.69) is 10.2 Å². The highest BCUT2D eigenvalue weighted by molar-refractivity contribution is 7.89. The molecule has 1 N–H and O–H groups in total. The van der Waals surface area contributed by atoms with Gasteiger partial charge in [-0.1, -0.05) is 17.7 Å². The monoisotopic (exact) mass is 481 g/mol. The van der Waals surface area contributed by atoms with Gasteiger partial charge in [-0.05, 0) is 42.0 Å². The number of halogens is 1. The molecule has 0 radical (unpaired) electrons. The third-order valence-electron chi connectivity index (χ3n) is 5.32. The van der Waals surface area contributed by atoms with E-state index in [-0.39, 0.29) is 24.6 Å². The van der Waals surface area contributed by atoms with Crippen molar-refractivity contribution in [3.05, 3.63) is 53.1 Å². The number of methoxy groups -OCH3 is 2. The predicted molar refractivity (Wildman–Crippen MR) is 125 cm³/mol. The molecule has 0 aromatic heterocycles. The summed E-state index contributed by atoms with van der Waals surface area (Å²) in [6.07, 6.45) is 0.125. The highest BCUT2D eigenvalue weighted by Crippen LogP contribution is 2.27. The van der Waals surface area contributed by atoms with Gasteiger partial charge in [0.1, 0.15) is 0 Å². The Morgan fingerprint density at radius 3 is 2.28 bits per heavy atom. The van der Waals surface area contributed by atoms with E-state index in [0.717, 1.165) is 11.3 Å². The molecule has 3 rings (SSSR count). The van der Waals surface area contributed by atoms with Crippen molar-refractivity contribution in [3.8, 4) is 11.5 Å². The molecule has 0 spiro atoms. The average Bonchev–Trinajstić information content (AvgIpc) is 2.79. The first-order valence-corrected chi connectivity index (χ1v) is 12.3. The summed E-state index contributed by atoms with van der Waals surface area (Å²) in [5, 5.41) is 3.36. The molecule has 0 aliphatic carbocycles. The van der Waals surface area contributed by atoms with Crippen molar-refractivity contribution in [3.63, 3.8) is 0 Å². The summed E-state index contributed by atoms with van der Waals surface area (Å²) in [6, 6.07) is 12.7. The van der Waals surface area contributed by atoms with Gasteiger partial charge >= 0.3 is 0 Å². The molecule has 0 atom stereocenters. The predicted octanol–water partition coefficient (Wildman–Crippen LogP) is 2.17. The SMILES string of the molecule is COc1ccc(CC(=O)NCCS(=O)(=O)N2CCN(c3ccc(Cl)cc3)CC2)cc1OC. The van der Waals surface area contributed by atoms with Crippen LogP contribution in [-0.2, 0) is 21.2 Å². The summed E-state index contributed by atoms with van der Waals surface area (Å²) < 4.78 is 37.3. The summed E-state index contributed by atoms with van der Waals surface area (Å²) in [7, 11) is -0.376. The van der Waals surface area contributed by atoms with E-state index in [4.69, 9.17) is 21.1 Å². The Morgan fingerprint density at radius 1 is 1.00 bits per heavy atom. The Morgan fingerprint density at radius 2 is 1.66 bits per heavy atom. The molecule has 0 bridgehead atoms. The second-order valence-electron chi connectivity index (χ2n) is 7.39. The molecule has 1 amide bonds. The van der Waals surface area contributed by atoms with Crippen LogP contribution in [0.3, 0.4) is 0 Å². The van der Waals surface area contributed by atoms with E-state index in [9.17, 15) is 13.2 Å². The van der Waals surface area contributed by atoms with Crippen LogP contribution in [0.25, 0.3) is 0 Å². The topological polar surface area (TPSA) is 88.2 Å². The fourth-order valence-corrected chi connectivity index (χ4v) is 5.03. The molecule has 0 saturated carbocycles. The van der Waals surface area contributed by atoms with E-state index in [1.807, 2.05) is 24.3 Å². The molecule has 10 heteroatoms. The number of nitrogens with one attached hydrogen (secondary N) is 1. The third-order valence-corrected chi connectivity index (χ3v) is 7.44. The number of hydrogen-bond donors (Lipinski definition) is 1. The molecule has 8 nitrogen and oxygen atoms in total. The molecular formula is C22H28ClN3O5S. The molecule has 1 aliphatic rings. The maximum atomic E-state index is 12.7. The maximum absolute atomic E-state index is 12.7. The lowest BCUT2D eigenvalue weighted by Gasteiger charge is -2.35. The highest BCUT2D eigenvalue weighted by atomic mass is 35.5. The van der Waals surface area contributed by atoms with Gasteiger partial charge in [0, 0.05) is 43.4 Å². The van der Waals surface area contributed by atoms with Gasteiger partial charge in [0.25, 0.3) is 0 Å². The number of carbonyl (C=O) groups is 1. The number of piperazine rings is 1. The average molecular weight is 482 g/mol. The number of anilines is 1. The second kappa shape index (κ2) is 10.9. The lowest BCUT2D eigenvalue weighted by atomic mass is 10.1. The molecular weight excluding hydrogens is 454 g/mol. The number of hydrogen-bond acceptors (Lipinski definition) is 6. The van der Waals surface area contributed by atoms with E-state index in [1.165, 1.54) is 11.4 Å². The molecule has 32 heavy (non-hydrogen) atoms. The van der Waals surface area contributed by atoms with Crippen LogP contribution in [0, 0.1) is 0 Å². The van der Waals surface area contributed by atoms with Crippen LogP contribution in [0.1, 0.15) is 5.56 Å². The summed E-state index contributed by atoms with van der Waals surface area (Å²) in [5.74, 6) is 0.739. The van der Waals surface area contributed by atoms with E-state index in [0.29, 0.717) is 42.7 Å². The van der Waals surface area contributed by atoms with Crippen molar-refractivity contribution >= 4 is 33.2 Å². The quantitative estimate of drug-likeness (QED) is 0.590. The Hall–Kier alpha value is -2.49. The Balaban J connectivity index is 1.45. The van der Waals surface area contributed by atoms with Crippen molar-refractivity contribution in [2.24, 2.45) is 0 Å². The number of carbonyl (C=O) groups excluding carboxylic acids is 1. The molecule has 1 aliphatic heterocycles. The first kappa shape index (κ1) is 24.2. The fourth-order valence-electron chi connectivity index (χ4n) is 3.56. The maximum Gasteiger partial charge on any atom is 0.224 e. The van der Waals surface area contributed by atoms with E-state index < -0.39 is 10.0 Å². The van der Waals surface area contributed by atoms with Crippen LogP contribution in [0.5, 0.6) is 11.5 Å². The van der Waals surface area contributed by atoms with Crippen LogP contribution in [0.2, 0.25) is 5.02 Å². The molecule has 1 fully saturated rings. The minimum Gasteiger partial charge on any atom is -0.493 e. The number of rotatable bonds is 9. The number of amides is 1. The highest BCUT2D eigenvalue weighted by Gasteiger charge is 2.26. The van der Waals surface area contributed by atoms with E-state index >= 15 is 0 Å². The number of ether oxygens (including phenoxy) is 2. The second-order valence-corrected chi connectivity index (χ2v) is 9.92. The van der Waals surface area contributed by atoms with Crippen molar-refractivity contribution in [1.29, 1.82) is 0 Å². The van der Waals surface area contributed by atoms with Gasteiger partial charge in [-0.3, -0.25) is 4.79 Å². The van der Waals surface area contributed by atoms with Crippen LogP contribution in [-0.4, -0.2) is 71.3 Å². The van der Waals surface area contributed by atoms with E-state index in [1.54, 1.807) is 25.3 Å². The van der Waals surface area contributed by atoms with Gasteiger partial charge in [0.2, 0.25) is 15.9 Å². The fraction of sp³-hybridized carbons (Fsp3) is 0.409. The summed E-state index contributed by atoms with van der Waals surface area (Å²) >= 11 is 5.93. The summed E-state index contributed by atoms with van der Waals surface area (Å²) in [4.78, 5) is 14.4. The van der Waals surface area contributed by atoms with Gasteiger partial charge in [-0.2, -0.15) is 4.31 Å². The van der Waals surface area contributed by atoms with Gasteiger partial charge in [-0.15, -0.1) is 0 Å². The number of sulfonamides is 1. The first-order chi connectivity index (χ1) is 15.3. The Labute approximate surface area is 194 Å².